The normalized spacial score (nSPS) is 11.0. The number of nitrogens with zero attached hydrogens (tertiary/aromatic N) is 1. The number of hydrogen-bond donors (Lipinski definition) is 1. The number of aryl methyl sites for hydroxylation is 1. The minimum Gasteiger partial charge on any atom is -0.350 e. The van der Waals surface area contributed by atoms with Gasteiger partial charge in [0.1, 0.15) is 0 Å². The van der Waals surface area contributed by atoms with Gasteiger partial charge in [-0.2, -0.15) is 0 Å². The lowest BCUT2D eigenvalue weighted by Gasteiger charge is -2.09. The molecule has 0 aliphatic carbocycles. The minimum absolute atomic E-state index is 0.0260. The Hall–Kier alpha value is -2.69. The molecular formula is C25H23ClN2OS. The van der Waals surface area contributed by atoms with Gasteiger partial charge in [0, 0.05) is 51.4 Å². The summed E-state index contributed by atoms with van der Waals surface area (Å²) < 4.78 is 2.22. The molecule has 1 amide bonds. The van der Waals surface area contributed by atoms with Crippen LogP contribution >= 0.6 is 23.4 Å². The lowest BCUT2D eigenvalue weighted by atomic mass is 10.1. The van der Waals surface area contributed by atoms with Crippen LogP contribution in [0.4, 0.5) is 0 Å². The molecule has 0 aliphatic heterocycles. The van der Waals surface area contributed by atoms with Crippen LogP contribution in [0.25, 0.3) is 10.9 Å². The Balaban J connectivity index is 1.44. The summed E-state index contributed by atoms with van der Waals surface area (Å²) in [6.07, 6.45) is 2.19. The molecule has 1 heterocycles. The van der Waals surface area contributed by atoms with Crippen LogP contribution in [0.1, 0.15) is 21.5 Å². The molecule has 0 aliphatic rings. The Labute approximate surface area is 186 Å². The number of para-hydroxylation sites is 1. The van der Waals surface area contributed by atoms with E-state index in [2.05, 4.69) is 52.5 Å². The summed E-state index contributed by atoms with van der Waals surface area (Å²) in [6, 6.07) is 24.1. The van der Waals surface area contributed by atoms with Crippen molar-refractivity contribution in [3.05, 3.63) is 101 Å². The van der Waals surface area contributed by atoms with Crippen molar-refractivity contribution in [3.63, 3.8) is 0 Å². The van der Waals surface area contributed by atoms with Crippen LogP contribution < -0.4 is 5.32 Å². The molecule has 1 N–H and O–H groups in total. The van der Waals surface area contributed by atoms with E-state index in [0.29, 0.717) is 6.54 Å². The third-order valence-corrected chi connectivity index (χ3v) is 6.45. The second-order valence-corrected chi connectivity index (χ2v) is 8.64. The number of benzene rings is 3. The first-order valence-corrected chi connectivity index (χ1v) is 11.3. The van der Waals surface area contributed by atoms with Crippen LogP contribution in [0, 0.1) is 6.92 Å². The number of nitrogens with one attached hydrogen (secondary N) is 1. The van der Waals surface area contributed by atoms with Crippen molar-refractivity contribution in [2.75, 3.05) is 6.54 Å². The maximum absolute atomic E-state index is 12.5. The number of amides is 1. The quantitative estimate of drug-likeness (QED) is 0.345. The van der Waals surface area contributed by atoms with Gasteiger partial charge in [-0.1, -0.05) is 60.1 Å². The monoisotopic (exact) mass is 434 g/mol. The van der Waals surface area contributed by atoms with Crippen LogP contribution in [0.15, 0.2) is 83.9 Å². The average molecular weight is 435 g/mol. The summed E-state index contributed by atoms with van der Waals surface area (Å²) in [5.74, 6) is 0.858. The van der Waals surface area contributed by atoms with Crippen LogP contribution in [-0.2, 0) is 12.3 Å². The summed E-state index contributed by atoms with van der Waals surface area (Å²) in [5, 5.41) is 5.04. The topological polar surface area (TPSA) is 34.0 Å². The fraction of sp³-hybridized carbons (Fsp3) is 0.160. The molecule has 0 atom stereocenters. The molecule has 0 saturated carbocycles. The van der Waals surface area contributed by atoms with Crippen LogP contribution in [0.3, 0.4) is 0 Å². The SMILES string of the molecule is Cc1ccccc1C(=O)NCCn1cc(SCc2ccc(Cl)cc2)c2ccccc21. The molecule has 4 aromatic rings. The van der Waals surface area contributed by atoms with Gasteiger partial charge in [-0.15, -0.1) is 11.8 Å². The Morgan fingerprint density at radius 3 is 2.53 bits per heavy atom. The summed E-state index contributed by atoms with van der Waals surface area (Å²) >= 11 is 7.81. The van der Waals surface area contributed by atoms with Crippen molar-refractivity contribution in [2.24, 2.45) is 0 Å². The van der Waals surface area contributed by atoms with Crippen molar-refractivity contribution >= 4 is 40.2 Å². The van der Waals surface area contributed by atoms with Gasteiger partial charge < -0.3 is 9.88 Å². The van der Waals surface area contributed by atoms with Gasteiger partial charge in [-0.25, -0.2) is 0 Å². The number of hydrogen-bond acceptors (Lipinski definition) is 2. The van der Waals surface area contributed by atoms with E-state index in [1.807, 2.05) is 55.1 Å². The molecule has 30 heavy (non-hydrogen) atoms. The van der Waals surface area contributed by atoms with Gasteiger partial charge in [-0.05, 0) is 42.3 Å². The van der Waals surface area contributed by atoms with Gasteiger partial charge in [0.25, 0.3) is 5.91 Å². The number of thioether (sulfide) groups is 1. The average Bonchev–Trinajstić information content (AvgIpc) is 3.11. The number of carbonyl (C=O) groups is 1. The molecular weight excluding hydrogens is 412 g/mol. The summed E-state index contributed by atoms with van der Waals surface area (Å²) in [7, 11) is 0. The van der Waals surface area contributed by atoms with E-state index < -0.39 is 0 Å². The second-order valence-electron chi connectivity index (χ2n) is 7.19. The van der Waals surface area contributed by atoms with Gasteiger partial charge in [0.2, 0.25) is 0 Å². The highest BCUT2D eigenvalue weighted by molar-refractivity contribution is 7.98. The van der Waals surface area contributed by atoms with Crippen LogP contribution in [-0.4, -0.2) is 17.0 Å². The zero-order valence-corrected chi connectivity index (χ0v) is 18.3. The van der Waals surface area contributed by atoms with E-state index in [9.17, 15) is 4.79 Å². The zero-order valence-electron chi connectivity index (χ0n) is 16.8. The third kappa shape index (κ3) is 4.72. The predicted octanol–water partition coefficient (Wildman–Crippen LogP) is 6.33. The minimum atomic E-state index is -0.0260. The van der Waals surface area contributed by atoms with Crippen molar-refractivity contribution in [1.29, 1.82) is 0 Å². The first-order chi connectivity index (χ1) is 14.6. The zero-order chi connectivity index (χ0) is 20.9. The second kappa shape index (κ2) is 9.41. The Morgan fingerprint density at radius 2 is 1.73 bits per heavy atom. The molecule has 0 unspecified atom stereocenters. The van der Waals surface area contributed by atoms with E-state index in [1.54, 1.807) is 0 Å². The fourth-order valence-electron chi connectivity index (χ4n) is 3.47. The van der Waals surface area contributed by atoms with E-state index in [4.69, 9.17) is 11.6 Å². The largest absolute Gasteiger partial charge is 0.350 e. The molecule has 0 saturated heterocycles. The highest BCUT2D eigenvalue weighted by Crippen LogP contribution is 2.32. The number of carbonyl (C=O) groups excluding carboxylic acids is 1. The lowest BCUT2D eigenvalue weighted by Crippen LogP contribution is -2.27. The van der Waals surface area contributed by atoms with E-state index in [0.717, 1.165) is 28.4 Å². The number of fused-ring (bicyclic) bond motifs is 1. The Morgan fingerprint density at radius 1 is 1.00 bits per heavy atom. The third-order valence-electron chi connectivity index (χ3n) is 5.09. The number of halogens is 1. The highest BCUT2D eigenvalue weighted by Gasteiger charge is 2.11. The Kier molecular flexibility index (Phi) is 6.46. The standard InChI is InChI=1S/C25H23ClN2OS/c1-18-6-2-3-7-21(18)25(29)27-14-15-28-16-24(22-8-4-5-9-23(22)28)30-17-19-10-12-20(26)13-11-19/h2-13,16H,14-15,17H2,1H3,(H,27,29). The molecule has 0 radical (unpaired) electrons. The summed E-state index contributed by atoms with van der Waals surface area (Å²) in [5.41, 5.74) is 4.14. The van der Waals surface area contributed by atoms with E-state index in [1.165, 1.54) is 21.4 Å². The lowest BCUT2D eigenvalue weighted by molar-refractivity contribution is 0.0952. The molecule has 152 valence electrons. The van der Waals surface area contributed by atoms with Gasteiger partial charge in [-0.3, -0.25) is 4.79 Å². The van der Waals surface area contributed by atoms with E-state index in [-0.39, 0.29) is 5.91 Å². The van der Waals surface area contributed by atoms with Gasteiger partial charge in [0.15, 0.2) is 0 Å². The van der Waals surface area contributed by atoms with Gasteiger partial charge in [0.05, 0.1) is 0 Å². The van der Waals surface area contributed by atoms with Gasteiger partial charge >= 0.3 is 0 Å². The molecule has 5 heteroatoms. The molecule has 0 spiro atoms. The van der Waals surface area contributed by atoms with Crippen molar-refractivity contribution in [2.45, 2.75) is 24.1 Å². The smallest absolute Gasteiger partial charge is 0.251 e. The van der Waals surface area contributed by atoms with E-state index >= 15 is 0 Å². The molecule has 3 aromatic carbocycles. The molecule has 0 bridgehead atoms. The molecule has 4 rings (SSSR count). The Bertz CT molecular complexity index is 1170. The van der Waals surface area contributed by atoms with Crippen LogP contribution in [0.5, 0.6) is 0 Å². The molecule has 1 aromatic heterocycles. The first-order valence-electron chi connectivity index (χ1n) is 9.91. The number of rotatable bonds is 7. The maximum atomic E-state index is 12.5. The molecule has 0 fully saturated rings. The van der Waals surface area contributed by atoms with Crippen molar-refractivity contribution < 1.29 is 4.79 Å². The number of aromatic nitrogens is 1. The maximum Gasteiger partial charge on any atom is 0.251 e. The summed E-state index contributed by atoms with van der Waals surface area (Å²) in [4.78, 5) is 13.7. The van der Waals surface area contributed by atoms with Crippen LogP contribution in [0.2, 0.25) is 5.02 Å². The first kappa shape index (κ1) is 20.6. The summed E-state index contributed by atoms with van der Waals surface area (Å²) in [6.45, 7) is 3.26. The van der Waals surface area contributed by atoms with Crippen molar-refractivity contribution in [1.82, 2.24) is 9.88 Å². The fourth-order valence-corrected chi connectivity index (χ4v) is 4.64. The highest BCUT2D eigenvalue weighted by atomic mass is 35.5. The molecule has 3 nitrogen and oxygen atoms in total. The predicted molar refractivity (Wildman–Crippen MR) is 126 cm³/mol. The van der Waals surface area contributed by atoms with Crippen molar-refractivity contribution in [3.8, 4) is 0 Å².